The molecule has 4 nitrogen and oxygen atoms in total. The lowest BCUT2D eigenvalue weighted by Gasteiger charge is -2.20. The fraction of sp³-hybridized carbons (Fsp3) is 0.500. The summed E-state index contributed by atoms with van der Waals surface area (Å²) in [6.45, 7) is 3.89. The molecule has 0 aromatic heterocycles. The third kappa shape index (κ3) is 5.17. The van der Waals surface area contributed by atoms with Gasteiger partial charge in [-0.25, -0.2) is 0 Å². The molecule has 18 heavy (non-hydrogen) atoms. The van der Waals surface area contributed by atoms with Crippen LogP contribution in [0.3, 0.4) is 0 Å². The molecule has 0 aliphatic rings. The van der Waals surface area contributed by atoms with Crippen LogP contribution in [0.4, 0.5) is 0 Å². The molecule has 0 bridgehead atoms. The zero-order valence-electron chi connectivity index (χ0n) is 11.0. The molecule has 0 aliphatic carbocycles. The van der Waals surface area contributed by atoms with E-state index in [0.29, 0.717) is 17.9 Å². The summed E-state index contributed by atoms with van der Waals surface area (Å²) in [7, 11) is 1.98. The topological polar surface area (TPSA) is 56.5 Å². The van der Waals surface area contributed by atoms with Crippen molar-refractivity contribution in [3.05, 3.63) is 29.8 Å². The van der Waals surface area contributed by atoms with E-state index in [1.807, 2.05) is 7.05 Å². The van der Waals surface area contributed by atoms with Crippen molar-refractivity contribution in [3.63, 3.8) is 0 Å². The summed E-state index contributed by atoms with van der Waals surface area (Å²) in [5.41, 5.74) is 0.560. The average molecular weight is 248 g/mol. The Morgan fingerprint density at radius 1 is 1.50 bits per heavy atom. The van der Waals surface area contributed by atoms with Crippen LogP contribution in [-0.4, -0.2) is 42.9 Å². The molecule has 1 N–H and O–H groups in total. The number of nitriles is 1. The van der Waals surface area contributed by atoms with E-state index in [9.17, 15) is 5.11 Å². The number of benzene rings is 1. The largest absolute Gasteiger partial charge is 0.491 e. The Hall–Kier alpha value is -1.57. The van der Waals surface area contributed by atoms with Crippen molar-refractivity contribution in [1.29, 1.82) is 5.26 Å². The van der Waals surface area contributed by atoms with Crippen LogP contribution in [0.25, 0.3) is 0 Å². The standard InChI is InChI=1S/C14H20N2O2/c1-3-7-16(2)10-13(17)11-18-14-6-4-5-12(8-14)9-15/h4-6,8,13,17H,3,7,10-11H2,1-2H3. The third-order valence-corrected chi connectivity index (χ3v) is 2.53. The van der Waals surface area contributed by atoms with Crippen molar-refractivity contribution in [2.75, 3.05) is 26.7 Å². The molecule has 0 amide bonds. The van der Waals surface area contributed by atoms with E-state index in [1.165, 1.54) is 0 Å². The molecule has 1 aromatic carbocycles. The quantitative estimate of drug-likeness (QED) is 0.797. The zero-order valence-corrected chi connectivity index (χ0v) is 11.0. The number of nitrogens with zero attached hydrogens (tertiary/aromatic N) is 2. The van der Waals surface area contributed by atoms with Crippen LogP contribution in [0, 0.1) is 11.3 Å². The number of aliphatic hydroxyl groups excluding tert-OH is 1. The maximum Gasteiger partial charge on any atom is 0.120 e. The smallest absolute Gasteiger partial charge is 0.120 e. The van der Waals surface area contributed by atoms with Gasteiger partial charge in [-0.1, -0.05) is 13.0 Å². The van der Waals surface area contributed by atoms with Crippen LogP contribution in [0.5, 0.6) is 5.75 Å². The molecule has 1 aromatic rings. The van der Waals surface area contributed by atoms with Gasteiger partial charge in [0.05, 0.1) is 11.6 Å². The Morgan fingerprint density at radius 2 is 2.28 bits per heavy atom. The molecular weight excluding hydrogens is 228 g/mol. The Balaban J connectivity index is 2.37. The normalized spacial score (nSPS) is 12.2. The van der Waals surface area contributed by atoms with Gasteiger partial charge in [0.2, 0.25) is 0 Å². The van der Waals surface area contributed by atoms with E-state index in [1.54, 1.807) is 24.3 Å². The van der Waals surface area contributed by atoms with Crippen molar-refractivity contribution in [2.45, 2.75) is 19.4 Å². The van der Waals surface area contributed by atoms with Gasteiger partial charge in [0.1, 0.15) is 18.5 Å². The SMILES string of the molecule is CCCN(C)CC(O)COc1cccc(C#N)c1. The number of hydrogen-bond donors (Lipinski definition) is 1. The molecule has 1 unspecified atom stereocenters. The Labute approximate surface area is 108 Å². The van der Waals surface area contributed by atoms with Gasteiger partial charge in [0.15, 0.2) is 0 Å². The first-order valence-electron chi connectivity index (χ1n) is 6.15. The number of likely N-dealkylation sites (N-methyl/N-ethyl adjacent to an activating group) is 1. The molecule has 1 atom stereocenters. The molecule has 1 rings (SSSR count). The summed E-state index contributed by atoms with van der Waals surface area (Å²) >= 11 is 0. The van der Waals surface area contributed by atoms with E-state index in [-0.39, 0.29) is 6.61 Å². The highest BCUT2D eigenvalue weighted by atomic mass is 16.5. The second-order valence-corrected chi connectivity index (χ2v) is 4.37. The Bertz CT molecular complexity index is 401. The second kappa shape index (κ2) is 7.70. The van der Waals surface area contributed by atoms with Crippen molar-refractivity contribution in [3.8, 4) is 11.8 Å². The predicted molar refractivity (Wildman–Crippen MR) is 70.4 cm³/mol. The van der Waals surface area contributed by atoms with Crippen LogP contribution < -0.4 is 4.74 Å². The summed E-state index contributed by atoms with van der Waals surface area (Å²) in [6, 6.07) is 8.99. The lowest BCUT2D eigenvalue weighted by atomic mass is 10.2. The molecule has 0 aliphatic heterocycles. The molecule has 98 valence electrons. The fourth-order valence-electron chi connectivity index (χ4n) is 1.73. The highest BCUT2D eigenvalue weighted by molar-refractivity contribution is 5.36. The van der Waals surface area contributed by atoms with E-state index in [4.69, 9.17) is 10.00 Å². The number of aliphatic hydroxyl groups is 1. The van der Waals surface area contributed by atoms with Crippen LogP contribution in [-0.2, 0) is 0 Å². The molecule has 0 fully saturated rings. The Kier molecular flexibility index (Phi) is 6.20. The second-order valence-electron chi connectivity index (χ2n) is 4.37. The van der Waals surface area contributed by atoms with Crippen molar-refractivity contribution in [2.24, 2.45) is 0 Å². The van der Waals surface area contributed by atoms with Gasteiger partial charge in [0.25, 0.3) is 0 Å². The Morgan fingerprint density at radius 3 is 2.94 bits per heavy atom. The van der Waals surface area contributed by atoms with Gasteiger partial charge in [-0.15, -0.1) is 0 Å². The summed E-state index contributed by atoms with van der Waals surface area (Å²) in [4.78, 5) is 2.07. The van der Waals surface area contributed by atoms with Crippen LogP contribution >= 0.6 is 0 Å². The molecule has 0 saturated carbocycles. The lowest BCUT2D eigenvalue weighted by Crippen LogP contribution is -2.33. The number of hydrogen-bond acceptors (Lipinski definition) is 4. The third-order valence-electron chi connectivity index (χ3n) is 2.53. The van der Waals surface area contributed by atoms with Crippen molar-refractivity contribution < 1.29 is 9.84 Å². The van der Waals surface area contributed by atoms with Crippen LogP contribution in [0.1, 0.15) is 18.9 Å². The van der Waals surface area contributed by atoms with Crippen molar-refractivity contribution >= 4 is 0 Å². The highest BCUT2D eigenvalue weighted by Gasteiger charge is 2.08. The molecule has 0 heterocycles. The van der Waals surface area contributed by atoms with Crippen molar-refractivity contribution in [1.82, 2.24) is 4.90 Å². The van der Waals surface area contributed by atoms with Gasteiger partial charge in [-0.2, -0.15) is 5.26 Å². The first-order valence-corrected chi connectivity index (χ1v) is 6.15. The summed E-state index contributed by atoms with van der Waals surface area (Å²) in [5, 5.41) is 18.6. The summed E-state index contributed by atoms with van der Waals surface area (Å²) in [6.07, 6.45) is 0.543. The molecule has 0 spiro atoms. The zero-order chi connectivity index (χ0) is 13.4. The maximum atomic E-state index is 9.80. The van der Waals surface area contributed by atoms with Gasteiger partial charge in [-0.3, -0.25) is 0 Å². The minimum atomic E-state index is -0.521. The molecule has 0 radical (unpaired) electrons. The van der Waals surface area contributed by atoms with E-state index < -0.39 is 6.10 Å². The molecular formula is C14H20N2O2. The number of ether oxygens (including phenoxy) is 1. The van der Waals surface area contributed by atoms with Gasteiger partial charge < -0.3 is 14.7 Å². The van der Waals surface area contributed by atoms with Gasteiger partial charge >= 0.3 is 0 Å². The first-order chi connectivity index (χ1) is 8.65. The van der Waals surface area contributed by atoms with E-state index in [0.717, 1.165) is 13.0 Å². The molecule has 4 heteroatoms. The summed E-state index contributed by atoms with van der Waals surface area (Å²) in [5.74, 6) is 0.617. The monoisotopic (exact) mass is 248 g/mol. The van der Waals surface area contributed by atoms with E-state index in [2.05, 4.69) is 17.9 Å². The average Bonchev–Trinajstić information content (AvgIpc) is 2.37. The summed E-state index contributed by atoms with van der Waals surface area (Å²) < 4.78 is 5.46. The maximum absolute atomic E-state index is 9.80. The number of rotatable bonds is 7. The van der Waals surface area contributed by atoms with Gasteiger partial charge in [-0.05, 0) is 38.2 Å². The van der Waals surface area contributed by atoms with E-state index >= 15 is 0 Å². The first kappa shape index (κ1) is 14.5. The fourth-order valence-corrected chi connectivity index (χ4v) is 1.73. The minimum absolute atomic E-state index is 0.239. The van der Waals surface area contributed by atoms with Crippen LogP contribution in [0.15, 0.2) is 24.3 Å². The van der Waals surface area contributed by atoms with Gasteiger partial charge in [0, 0.05) is 6.54 Å². The molecule has 0 saturated heterocycles. The predicted octanol–water partition coefficient (Wildman–Crippen LogP) is 1.64. The highest BCUT2D eigenvalue weighted by Crippen LogP contribution is 2.12. The van der Waals surface area contributed by atoms with Crippen LogP contribution in [0.2, 0.25) is 0 Å². The lowest BCUT2D eigenvalue weighted by molar-refractivity contribution is 0.0764. The minimum Gasteiger partial charge on any atom is -0.491 e.